The first-order chi connectivity index (χ1) is 14.2. The second kappa shape index (κ2) is 12.7. The lowest BCUT2D eigenvalue weighted by molar-refractivity contribution is -0.133. The van der Waals surface area contributed by atoms with Crippen LogP contribution in [0.25, 0.3) is 0 Å². The van der Waals surface area contributed by atoms with E-state index in [0.29, 0.717) is 12.7 Å². The summed E-state index contributed by atoms with van der Waals surface area (Å²) in [6.07, 6.45) is 3.52. The molecule has 0 unspecified atom stereocenters. The number of hydrogen-bond acceptors (Lipinski definition) is 7. The number of aliphatic hydroxyl groups is 1. The SMILES string of the molecule is CC[C@H](C)[C@H](N)C(=O)N[C@H](C(=O)NCC(=O)N[C@H](C=O)Cc1cccnc1)[C@H](C)O. The number of hydrogen-bond donors (Lipinski definition) is 5. The van der Waals surface area contributed by atoms with Crippen LogP contribution in [0, 0.1) is 5.92 Å². The first kappa shape index (κ1) is 25.2. The van der Waals surface area contributed by atoms with Gasteiger partial charge in [0.15, 0.2) is 0 Å². The minimum atomic E-state index is -1.27. The van der Waals surface area contributed by atoms with E-state index in [1.165, 1.54) is 6.92 Å². The van der Waals surface area contributed by atoms with Crippen molar-refractivity contribution in [3.8, 4) is 0 Å². The Morgan fingerprint density at radius 1 is 1.23 bits per heavy atom. The summed E-state index contributed by atoms with van der Waals surface area (Å²) in [5.74, 6) is -1.99. The Kier molecular flexibility index (Phi) is 10.6. The third kappa shape index (κ3) is 8.26. The van der Waals surface area contributed by atoms with Gasteiger partial charge >= 0.3 is 0 Å². The predicted octanol–water partition coefficient (Wildman–Crippen LogP) is -1.34. The van der Waals surface area contributed by atoms with E-state index in [-0.39, 0.29) is 12.3 Å². The van der Waals surface area contributed by atoms with Gasteiger partial charge in [0.25, 0.3) is 0 Å². The molecule has 1 heterocycles. The Hall–Kier alpha value is -2.85. The fourth-order valence-electron chi connectivity index (χ4n) is 2.61. The van der Waals surface area contributed by atoms with Crippen molar-refractivity contribution < 1.29 is 24.3 Å². The van der Waals surface area contributed by atoms with E-state index in [1.54, 1.807) is 31.5 Å². The van der Waals surface area contributed by atoms with Gasteiger partial charge < -0.3 is 31.6 Å². The zero-order valence-electron chi connectivity index (χ0n) is 17.5. The molecule has 0 aliphatic heterocycles. The Balaban J connectivity index is 2.58. The minimum Gasteiger partial charge on any atom is -0.391 e. The lowest BCUT2D eigenvalue weighted by Gasteiger charge is -2.24. The molecule has 0 spiro atoms. The van der Waals surface area contributed by atoms with Gasteiger partial charge in [0.1, 0.15) is 12.3 Å². The maximum atomic E-state index is 12.3. The van der Waals surface area contributed by atoms with Crippen LogP contribution in [0.5, 0.6) is 0 Å². The number of pyridine rings is 1. The lowest BCUT2D eigenvalue weighted by atomic mass is 9.99. The van der Waals surface area contributed by atoms with Gasteiger partial charge in [-0.15, -0.1) is 0 Å². The fraction of sp³-hybridized carbons (Fsp3) is 0.550. The van der Waals surface area contributed by atoms with Gasteiger partial charge in [-0.2, -0.15) is 0 Å². The molecule has 10 nitrogen and oxygen atoms in total. The summed E-state index contributed by atoms with van der Waals surface area (Å²) in [6, 6.07) is 0.624. The van der Waals surface area contributed by atoms with Crippen LogP contribution < -0.4 is 21.7 Å². The quantitative estimate of drug-likeness (QED) is 0.261. The maximum Gasteiger partial charge on any atom is 0.245 e. The van der Waals surface area contributed by atoms with Crippen LogP contribution in [0.3, 0.4) is 0 Å². The van der Waals surface area contributed by atoms with Crippen LogP contribution in [0.2, 0.25) is 0 Å². The summed E-state index contributed by atoms with van der Waals surface area (Å²) < 4.78 is 0. The summed E-state index contributed by atoms with van der Waals surface area (Å²) in [7, 11) is 0. The Morgan fingerprint density at radius 2 is 1.93 bits per heavy atom. The van der Waals surface area contributed by atoms with Crippen molar-refractivity contribution in [3.63, 3.8) is 0 Å². The zero-order chi connectivity index (χ0) is 22.7. The summed E-state index contributed by atoms with van der Waals surface area (Å²) >= 11 is 0. The average Bonchev–Trinajstić information content (AvgIpc) is 2.74. The summed E-state index contributed by atoms with van der Waals surface area (Å²) in [5, 5.41) is 17.1. The van der Waals surface area contributed by atoms with Gasteiger partial charge in [0, 0.05) is 18.8 Å². The molecule has 6 N–H and O–H groups in total. The van der Waals surface area contributed by atoms with Crippen LogP contribution in [0.4, 0.5) is 0 Å². The van der Waals surface area contributed by atoms with Gasteiger partial charge in [-0.05, 0) is 24.5 Å². The number of aldehydes is 1. The molecule has 1 aromatic rings. The lowest BCUT2D eigenvalue weighted by Crippen LogP contribution is -2.57. The number of amides is 3. The molecule has 1 rings (SSSR count). The molecule has 0 saturated carbocycles. The summed E-state index contributed by atoms with van der Waals surface area (Å²) in [6.45, 7) is 4.61. The molecule has 0 saturated heterocycles. The zero-order valence-corrected chi connectivity index (χ0v) is 17.5. The number of nitrogens with zero attached hydrogens (tertiary/aromatic N) is 1. The number of aromatic nitrogens is 1. The third-order valence-electron chi connectivity index (χ3n) is 4.73. The molecule has 5 atom stereocenters. The minimum absolute atomic E-state index is 0.103. The second-order valence-corrected chi connectivity index (χ2v) is 7.23. The molecule has 0 aromatic carbocycles. The van der Waals surface area contributed by atoms with Crippen LogP contribution >= 0.6 is 0 Å². The van der Waals surface area contributed by atoms with Gasteiger partial charge in [0.05, 0.1) is 24.7 Å². The number of nitrogens with two attached hydrogens (primary N) is 1. The number of carbonyl (C=O) groups is 4. The number of aliphatic hydroxyl groups excluding tert-OH is 1. The van der Waals surface area contributed by atoms with Crippen molar-refractivity contribution in [1.29, 1.82) is 0 Å². The first-order valence-corrected chi connectivity index (χ1v) is 9.84. The van der Waals surface area contributed by atoms with E-state index in [2.05, 4.69) is 20.9 Å². The molecular weight excluding hydrogens is 390 g/mol. The highest BCUT2D eigenvalue weighted by Crippen LogP contribution is 2.06. The standard InChI is InChI=1S/C20H31N5O5/c1-4-12(2)17(21)19(29)25-18(13(3)27)20(30)23-10-16(28)24-15(11-26)8-14-6-5-7-22-9-14/h5-7,9,11-13,15,17-18,27H,4,8,10,21H2,1-3H3,(H,23,30)(H,24,28)(H,25,29)/t12-,13-,15-,17-,18-/m0/s1. The van der Waals surface area contributed by atoms with E-state index in [0.717, 1.165) is 5.56 Å². The molecule has 1 aromatic heterocycles. The number of nitrogens with one attached hydrogen (secondary N) is 3. The average molecular weight is 421 g/mol. The van der Waals surface area contributed by atoms with Crippen LogP contribution in [-0.4, -0.2) is 64.9 Å². The molecule has 30 heavy (non-hydrogen) atoms. The topological polar surface area (TPSA) is 164 Å². The number of carbonyl (C=O) groups excluding carboxylic acids is 4. The molecule has 0 aliphatic carbocycles. The van der Waals surface area contributed by atoms with Crippen molar-refractivity contribution in [2.24, 2.45) is 11.7 Å². The molecule has 166 valence electrons. The van der Waals surface area contributed by atoms with E-state index >= 15 is 0 Å². The van der Waals surface area contributed by atoms with Crippen molar-refractivity contribution in [2.75, 3.05) is 6.54 Å². The number of rotatable bonds is 12. The maximum absolute atomic E-state index is 12.3. The van der Waals surface area contributed by atoms with E-state index in [1.807, 2.05) is 6.92 Å². The first-order valence-electron chi connectivity index (χ1n) is 9.84. The Labute approximate surface area is 176 Å². The van der Waals surface area contributed by atoms with Crippen LogP contribution in [0.1, 0.15) is 32.8 Å². The Bertz CT molecular complexity index is 713. The molecule has 0 bridgehead atoms. The Morgan fingerprint density at radius 3 is 2.47 bits per heavy atom. The molecule has 3 amide bonds. The molecule has 10 heteroatoms. The highest BCUT2D eigenvalue weighted by molar-refractivity contribution is 5.92. The normalized spacial score (nSPS) is 15.8. The van der Waals surface area contributed by atoms with Gasteiger partial charge in [-0.25, -0.2) is 0 Å². The van der Waals surface area contributed by atoms with Crippen molar-refractivity contribution in [2.45, 2.75) is 57.8 Å². The second-order valence-electron chi connectivity index (χ2n) is 7.23. The monoisotopic (exact) mass is 421 g/mol. The molecule has 0 radical (unpaired) electrons. The van der Waals surface area contributed by atoms with E-state index < -0.39 is 48.5 Å². The van der Waals surface area contributed by atoms with E-state index in [4.69, 9.17) is 5.73 Å². The van der Waals surface area contributed by atoms with Gasteiger partial charge in [-0.3, -0.25) is 19.4 Å². The van der Waals surface area contributed by atoms with Crippen LogP contribution in [0.15, 0.2) is 24.5 Å². The van der Waals surface area contributed by atoms with Crippen LogP contribution in [-0.2, 0) is 25.6 Å². The van der Waals surface area contributed by atoms with Gasteiger partial charge in [0.2, 0.25) is 17.7 Å². The highest BCUT2D eigenvalue weighted by atomic mass is 16.3. The molecule has 0 aliphatic rings. The van der Waals surface area contributed by atoms with Crippen molar-refractivity contribution >= 4 is 24.0 Å². The van der Waals surface area contributed by atoms with Gasteiger partial charge in [-0.1, -0.05) is 26.3 Å². The fourth-order valence-corrected chi connectivity index (χ4v) is 2.61. The third-order valence-corrected chi connectivity index (χ3v) is 4.73. The van der Waals surface area contributed by atoms with Crippen molar-refractivity contribution in [3.05, 3.63) is 30.1 Å². The smallest absolute Gasteiger partial charge is 0.245 e. The summed E-state index contributed by atoms with van der Waals surface area (Å²) in [5.41, 5.74) is 6.62. The summed E-state index contributed by atoms with van der Waals surface area (Å²) in [4.78, 5) is 51.8. The van der Waals surface area contributed by atoms with Crippen molar-refractivity contribution in [1.82, 2.24) is 20.9 Å². The van der Waals surface area contributed by atoms with E-state index in [9.17, 15) is 24.3 Å². The predicted molar refractivity (Wildman–Crippen MR) is 110 cm³/mol. The molecule has 0 fully saturated rings. The molecular formula is C20H31N5O5. The largest absolute Gasteiger partial charge is 0.391 e. The highest BCUT2D eigenvalue weighted by Gasteiger charge is 2.29.